The molecule has 3 rings (SSSR count). The van der Waals surface area contributed by atoms with E-state index in [9.17, 15) is 14.4 Å². The number of thioether (sulfide) groups is 1. The van der Waals surface area contributed by atoms with Crippen molar-refractivity contribution in [1.82, 2.24) is 4.90 Å². The highest BCUT2D eigenvalue weighted by atomic mass is 32.2. The molecule has 26 heavy (non-hydrogen) atoms. The molecule has 1 aromatic heterocycles. The van der Waals surface area contributed by atoms with Crippen molar-refractivity contribution in [3.63, 3.8) is 0 Å². The van der Waals surface area contributed by atoms with E-state index in [4.69, 9.17) is 14.3 Å². The molecule has 1 aliphatic rings. The third-order valence-corrected chi connectivity index (χ3v) is 4.62. The SMILES string of the molecule is COCCN1C(=O)S/C(=C/c2ccc(-c3ccc(C(=O)O)cc3)o2)C1=O. The van der Waals surface area contributed by atoms with Gasteiger partial charge in [-0.05, 0) is 36.0 Å². The van der Waals surface area contributed by atoms with Crippen LogP contribution in [0.4, 0.5) is 4.79 Å². The molecule has 0 spiro atoms. The summed E-state index contributed by atoms with van der Waals surface area (Å²) in [6.45, 7) is 0.487. The third-order valence-electron chi connectivity index (χ3n) is 3.71. The highest BCUT2D eigenvalue weighted by molar-refractivity contribution is 8.18. The Kier molecular flexibility index (Phi) is 5.24. The van der Waals surface area contributed by atoms with Crippen molar-refractivity contribution in [1.29, 1.82) is 0 Å². The van der Waals surface area contributed by atoms with Gasteiger partial charge in [-0.1, -0.05) is 12.1 Å². The standard InChI is InChI=1S/C18H15NO6S/c1-24-9-8-19-16(20)15(26-18(19)23)10-13-6-7-14(25-13)11-2-4-12(5-3-11)17(21)22/h2-7,10H,8-9H2,1H3,(H,21,22)/b15-10+. The zero-order valence-corrected chi connectivity index (χ0v) is 14.6. The van der Waals surface area contributed by atoms with E-state index in [0.717, 1.165) is 16.7 Å². The Bertz CT molecular complexity index is 883. The number of furan rings is 1. The number of imide groups is 1. The van der Waals surface area contributed by atoms with Gasteiger partial charge in [-0.15, -0.1) is 0 Å². The summed E-state index contributed by atoms with van der Waals surface area (Å²) in [5.41, 5.74) is 0.896. The topological polar surface area (TPSA) is 97.1 Å². The van der Waals surface area contributed by atoms with Gasteiger partial charge in [0.25, 0.3) is 11.1 Å². The first kappa shape index (κ1) is 18.0. The number of carboxylic acids is 1. The minimum Gasteiger partial charge on any atom is -0.478 e. The number of amides is 2. The molecule has 2 heterocycles. The van der Waals surface area contributed by atoms with Crippen LogP contribution in [0.3, 0.4) is 0 Å². The van der Waals surface area contributed by atoms with E-state index >= 15 is 0 Å². The van der Waals surface area contributed by atoms with Gasteiger partial charge in [0.05, 0.1) is 23.6 Å². The van der Waals surface area contributed by atoms with Crippen molar-refractivity contribution >= 4 is 35.0 Å². The second-order valence-electron chi connectivity index (χ2n) is 5.41. The first-order valence-electron chi connectivity index (χ1n) is 7.67. The van der Waals surface area contributed by atoms with E-state index < -0.39 is 5.97 Å². The quantitative estimate of drug-likeness (QED) is 0.776. The summed E-state index contributed by atoms with van der Waals surface area (Å²) in [6, 6.07) is 9.66. The summed E-state index contributed by atoms with van der Waals surface area (Å²) in [5, 5.41) is 8.59. The van der Waals surface area contributed by atoms with E-state index in [1.807, 2.05) is 0 Å². The number of aromatic carboxylic acids is 1. The number of carbonyl (C=O) groups excluding carboxylic acids is 2. The van der Waals surface area contributed by atoms with Gasteiger partial charge in [-0.3, -0.25) is 14.5 Å². The van der Waals surface area contributed by atoms with Crippen molar-refractivity contribution in [2.24, 2.45) is 0 Å². The number of rotatable bonds is 6. The summed E-state index contributed by atoms with van der Waals surface area (Å²) >= 11 is 0.855. The maximum Gasteiger partial charge on any atom is 0.335 e. The van der Waals surface area contributed by atoms with Gasteiger partial charge in [0.15, 0.2) is 0 Å². The molecule has 2 amide bonds. The third kappa shape index (κ3) is 3.71. The van der Waals surface area contributed by atoms with Gasteiger partial charge < -0.3 is 14.3 Å². The smallest absolute Gasteiger partial charge is 0.335 e. The Labute approximate surface area is 153 Å². The van der Waals surface area contributed by atoms with Crippen LogP contribution in [0.1, 0.15) is 16.1 Å². The fourth-order valence-electron chi connectivity index (χ4n) is 2.37. The minimum absolute atomic E-state index is 0.185. The first-order valence-corrected chi connectivity index (χ1v) is 8.49. The van der Waals surface area contributed by atoms with Crippen LogP contribution in [-0.2, 0) is 9.53 Å². The summed E-state index contributed by atoms with van der Waals surface area (Å²) in [4.78, 5) is 36.5. The number of hydrogen-bond donors (Lipinski definition) is 1. The highest BCUT2D eigenvalue weighted by Gasteiger charge is 2.34. The molecule has 1 saturated heterocycles. The molecule has 8 heteroatoms. The summed E-state index contributed by atoms with van der Waals surface area (Å²) in [7, 11) is 1.50. The zero-order chi connectivity index (χ0) is 18.7. The van der Waals surface area contributed by atoms with E-state index in [-0.39, 0.29) is 34.8 Å². The van der Waals surface area contributed by atoms with Crippen LogP contribution in [0.15, 0.2) is 45.7 Å². The number of carbonyl (C=O) groups is 3. The van der Waals surface area contributed by atoms with Crippen LogP contribution in [0.2, 0.25) is 0 Å². The van der Waals surface area contributed by atoms with E-state index in [2.05, 4.69) is 0 Å². The highest BCUT2D eigenvalue weighted by Crippen LogP contribution is 2.33. The molecule has 0 unspecified atom stereocenters. The number of methoxy groups -OCH3 is 1. The van der Waals surface area contributed by atoms with Gasteiger partial charge in [0, 0.05) is 18.7 Å². The van der Waals surface area contributed by atoms with Crippen LogP contribution < -0.4 is 0 Å². The lowest BCUT2D eigenvalue weighted by molar-refractivity contribution is -0.123. The van der Waals surface area contributed by atoms with Gasteiger partial charge in [0.2, 0.25) is 0 Å². The van der Waals surface area contributed by atoms with Crippen LogP contribution in [0, 0.1) is 0 Å². The number of hydrogen-bond acceptors (Lipinski definition) is 6. The van der Waals surface area contributed by atoms with Gasteiger partial charge >= 0.3 is 5.97 Å². The van der Waals surface area contributed by atoms with Crippen molar-refractivity contribution in [3.05, 3.63) is 52.6 Å². The van der Waals surface area contributed by atoms with Gasteiger partial charge in [0.1, 0.15) is 11.5 Å². The van der Waals surface area contributed by atoms with E-state index in [0.29, 0.717) is 17.1 Å². The Morgan fingerprint density at radius 2 is 1.96 bits per heavy atom. The van der Waals surface area contributed by atoms with Crippen LogP contribution in [0.25, 0.3) is 17.4 Å². The summed E-state index contributed by atoms with van der Waals surface area (Å²) < 4.78 is 10.6. The second kappa shape index (κ2) is 7.59. The average Bonchev–Trinajstić information content (AvgIpc) is 3.19. The van der Waals surface area contributed by atoms with Crippen molar-refractivity contribution in [3.8, 4) is 11.3 Å². The fourth-order valence-corrected chi connectivity index (χ4v) is 3.21. The normalized spacial score (nSPS) is 15.9. The lowest BCUT2D eigenvalue weighted by Gasteiger charge is -2.10. The monoisotopic (exact) mass is 373 g/mol. The number of ether oxygens (including phenoxy) is 1. The molecule has 1 fully saturated rings. The minimum atomic E-state index is -0.999. The predicted octanol–water partition coefficient (Wildman–Crippen LogP) is 3.33. The Morgan fingerprint density at radius 3 is 2.62 bits per heavy atom. The number of nitrogens with zero attached hydrogens (tertiary/aromatic N) is 1. The van der Waals surface area contributed by atoms with Gasteiger partial charge in [-0.2, -0.15) is 0 Å². The second-order valence-corrected chi connectivity index (χ2v) is 6.40. The maximum atomic E-state index is 12.3. The lowest BCUT2D eigenvalue weighted by Crippen LogP contribution is -2.31. The first-order chi connectivity index (χ1) is 12.5. The molecular formula is C18H15NO6S. The molecule has 134 valence electrons. The molecule has 7 nitrogen and oxygen atoms in total. The van der Waals surface area contributed by atoms with Crippen LogP contribution in [-0.4, -0.2) is 47.4 Å². The summed E-state index contributed by atoms with van der Waals surface area (Å²) in [6.07, 6.45) is 1.52. The molecule has 0 radical (unpaired) electrons. The lowest BCUT2D eigenvalue weighted by atomic mass is 10.1. The largest absolute Gasteiger partial charge is 0.478 e. The van der Waals surface area contributed by atoms with Crippen LogP contribution >= 0.6 is 11.8 Å². The van der Waals surface area contributed by atoms with Crippen LogP contribution in [0.5, 0.6) is 0 Å². The summed E-state index contributed by atoms with van der Waals surface area (Å²) in [5.74, 6) is -0.409. The molecule has 1 aliphatic heterocycles. The molecule has 0 aliphatic carbocycles. The Morgan fingerprint density at radius 1 is 1.23 bits per heavy atom. The average molecular weight is 373 g/mol. The number of benzene rings is 1. The molecule has 1 aromatic carbocycles. The molecule has 0 atom stereocenters. The maximum absolute atomic E-state index is 12.3. The van der Waals surface area contributed by atoms with Crippen molar-refractivity contribution in [2.75, 3.05) is 20.3 Å². The Balaban J connectivity index is 1.78. The zero-order valence-electron chi connectivity index (χ0n) is 13.8. The van der Waals surface area contributed by atoms with E-state index in [1.165, 1.54) is 25.3 Å². The predicted molar refractivity (Wildman–Crippen MR) is 95.7 cm³/mol. The molecule has 0 saturated carbocycles. The molecular weight excluding hydrogens is 358 g/mol. The van der Waals surface area contributed by atoms with Gasteiger partial charge in [-0.25, -0.2) is 4.79 Å². The number of carboxylic acid groups (broad SMARTS) is 1. The molecule has 1 N–H and O–H groups in total. The van der Waals surface area contributed by atoms with E-state index in [1.54, 1.807) is 24.3 Å². The molecule has 2 aromatic rings. The fraction of sp³-hybridized carbons (Fsp3) is 0.167. The van der Waals surface area contributed by atoms with Crippen molar-refractivity contribution in [2.45, 2.75) is 0 Å². The Hall–Kier alpha value is -2.84. The van der Waals surface area contributed by atoms with Crippen molar-refractivity contribution < 1.29 is 28.6 Å². The molecule has 0 bridgehead atoms.